The summed E-state index contributed by atoms with van der Waals surface area (Å²) in [5.41, 5.74) is 2.92. The first kappa shape index (κ1) is 20.6. The third-order valence-electron chi connectivity index (χ3n) is 5.53. The van der Waals surface area contributed by atoms with E-state index >= 15 is 0 Å². The summed E-state index contributed by atoms with van der Waals surface area (Å²) in [4.78, 5) is 52.5. The molecule has 0 radical (unpaired) electrons. The normalized spacial score (nSPS) is 17.9. The van der Waals surface area contributed by atoms with Crippen molar-refractivity contribution in [3.05, 3.63) is 54.1 Å². The van der Waals surface area contributed by atoms with Crippen LogP contribution >= 0.6 is 0 Å². The first-order valence-electron chi connectivity index (χ1n) is 10.2. The molecule has 2 heterocycles. The SMILES string of the molecule is CCc1ccccc1N1C[C@H](C(=O)OCC(=O)N2CC(=O)Nc3ccccc32)CC1=O. The van der Waals surface area contributed by atoms with Gasteiger partial charge in [0.25, 0.3) is 5.91 Å². The van der Waals surface area contributed by atoms with Crippen molar-refractivity contribution in [3.63, 3.8) is 0 Å². The standard InChI is InChI=1S/C23H23N3O5/c1-2-15-7-3-5-9-18(15)25-12-16(11-21(25)28)23(30)31-14-22(29)26-13-20(27)24-17-8-4-6-10-19(17)26/h3-10,16H,2,11-14H2,1H3,(H,24,27)/t16-/m1/s1. The third kappa shape index (κ3) is 4.14. The van der Waals surface area contributed by atoms with Gasteiger partial charge >= 0.3 is 5.97 Å². The van der Waals surface area contributed by atoms with Gasteiger partial charge in [-0.1, -0.05) is 37.3 Å². The maximum atomic E-state index is 12.7. The first-order valence-corrected chi connectivity index (χ1v) is 10.2. The summed E-state index contributed by atoms with van der Waals surface area (Å²) in [6, 6.07) is 14.5. The Labute approximate surface area is 179 Å². The highest BCUT2D eigenvalue weighted by atomic mass is 16.5. The van der Waals surface area contributed by atoms with Crippen LogP contribution in [0.1, 0.15) is 18.9 Å². The molecule has 3 amide bonds. The van der Waals surface area contributed by atoms with E-state index < -0.39 is 24.4 Å². The molecule has 1 saturated heterocycles. The van der Waals surface area contributed by atoms with Gasteiger partial charge in [0, 0.05) is 18.7 Å². The quantitative estimate of drug-likeness (QED) is 0.746. The second kappa shape index (κ2) is 8.59. The van der Waals surface area contributed by atoms with Gasteiger partial charge in [0.2, 0.25) is 11.8 Å². The van der Waals surface area contributed by atoms with Crippen LogP contribution in [0.15, 0.2) is 48.5 Å². The second-order valence-corrected chi connectivity index (χ2v) is 7.54. The lowest BCUT2D eigenvalue weighted by molar-refractivity contribution is -0.151. The number of benzene rings is 2. The minimum atomic E-state index is -0.637. The van der Waals surface area contributed by atoms with Crippen molar-refractivity contribution in [2.75, 3.05) is 34.8 Å². The molecule has 2 aliphatic rings. The number of para-hydroxylation sites is 3. The summed E-state index contributed by atoms with van der Waals surface area (Å²) in [7, 11) is 0. The largest absolute Gasteiger partial charge is 0.455 e. The zero-order valence-corrected chi connectivity index (χ0v) is 17.2. The fourth-order valence-corrected chi connectivity index (χ4v) is 3.96. The van der Waals surface area contributed by atoms with Gasteiger partial charge in [0.1, 0.15) is 6.54 Å². The summed E-state index contributed by atoms with van der Waals surface area (Å²) < 4.78 is 5.24. The van der Waals surface area contributed by atoms with E-state index in [4.69, 9.17) is 4.74 Å². The van der Waals surface area contributed by atoms with Crippen molar-refractivity contribution < 1.29 is 23.9 Å². The van der Waals surface area contributed by atoms with E-state index in [2.05, 4.69) is 5.32 Å². The average molecular weight is 421 g/mol. The average Bonchev–Trinajstić information content (AvgIpc) is 3.18. The zero-order valence-electron chi connectivity index (χ0n) is 17.2. The Morgan fingerprint density at radius 3 is 2.55 bits per heavy atom. The minimum Gasteiger partial charge on any atom is -0.455 e. The first-order chi connectivity index (χ1) is 15.0. The summed E-state index contributed by atoms with van der Waals surface area (Å²) in [6.07, 6.45) is 0.814. The molecule has 0 saturated carbocycles. The summed E-state index contributed by atoms with van der Waals surface area (Å²) >= 11 is 0. The van der Waals surface area contributed by atoms with Crippen LogP contribution in [0.4, 0.5) is 17.1 Å². The number of hydrogen-bond donors (Lipinski definition) is 1. The third-order valence-corrected chi connectivity index (χ3v) is 5.53. The van der Waals surface area contributed by atoms with Crippen molar-refractivity contribution in [1.29, 1.82) is 0 Å². The van der Waals surface area contributed by atoms with E-state index in [1.165, 1.54) is 4.90 Å². The fourth-order valence-electron chi connectivity index (χ4n) is 3.96. The van der Waals surface area contributed by atoms with Gasteiger partial charge < -0.3 is 15.0 Å². The van der Waals surface area contributed by atoms with Gasteiger partial charge in [-0.2, -0.15) is 0 Å². The van der Waals surface area contributed by atoms with Crippen molar-refractivity contribution >= 4 is 40.8 Å². The van der Waals surface area contributed by atoms with Gasteiger partial charge in [-0.15, -0.1) is 0 Å². The monoisotopic (exact) mass is 421 g/mol. The van der Waals surface area contributed by atoms with Crippen LogP contribution in [-0.4, -0.2) is 43.4 Å². The van der Waals surface area contributed by atoms with Crippen LogP contribution in [0.25, 0.3) is 0 Å². The van der Waals surface area contributed by atoms with E-state index in [9.17, 15) is 19.2 Å². The number of nitrogens with zero attached hydrogens (tertiary/aromatic N) is 2. The van der Waals surface area contributed by atoms with Crippen molar-refractivity contribution in [3.8, 4) is 0 Å². The number of nitrogens with one attached hydrogen (secondary N) is 1. The van der Waals surface area contributed by atoms with Gasteiger partial charge in [0.15, 0.2) is 6.61 Å². The molecule has 160 valence electrons. The molecule has 8 heteroatoms. The summed E-state index contributed by atoms with van der Waals surface area (Å²) in [5.74, 6) is -2.18. The molecule has 4 rings (SSSR count). The predicted octanol–water partition coefficient (Wildman–Crippen LogP) is 2.13. The van der Waals surface area contributed by atoms with E-state index in [-0.39, 0.29) is 31.3 Å². The molecule has 0 unspecified atom stereocenters. The maximum absolute atomic E-state index is 12.7. The number of amides is 3. The number of anilines is 3. The molecular formula is C23H23N3O5. The Bertz CT molecular complexity index is 1050. The van der Waals surface area contributed by atoms with Crippen molar-refractivity contribution in [1.82, 2.24) is 0 Å². The van der Waals surface area contributed by atoms with E-state index in [0.29, 0.717) is 11.4 Å². The Balaban J connectivity index is 1.39. The number of carbonyl (C=O) groups is 4. The van der Waals surface area contributed by atoms with Gasteiger partial charge in [0.05, 0.1) is 17.3 Å². The molecule has 2 aromatic carbocycles. The van der Waals surface area contributed by atoms with Crippen LogP contribution < -0.4 is 15.1 Å². The molecular weight excluding hydrogens is 398 g/mol. The van der Waals surface area contributed by atoms with Crippen LogP contribution in [0.5, 0.6) is 0 Å². The number of fused-ring (bicyclic) bond motifs is 1. The topological polar surface area (TPSA) is 96.0 Å². The number of rotatable bonds is 5. The maximum Gasteiger partial charge on any atom is 0.311 e. The number of hydrogen-bond acceptors (Lipinski definition) is 5. The molecule has 31 heavy (non-hydrogen) atoms. The lowest BCUT2D eigenvalue weighted by atomic mass is 10.1. The lowest BCUT2D eigenvalue weighted by Gasteiger charge is -2.29. The number of esters is 1. The molecule has 2 aromatic rings. The molecule has 0 aromatic heterocycles. The Morgan fingerprint density at radius 1 is 1.06 bits per heavy atom. The van der Waals surface area contributed by atoms with E-state index in [1.807, 2.05) is 31.2 Å². The summed E-state index contributed by atoms with van der Waals surface area (Å²) in [5, 5.41) is 2.71. The fraction of sp³-hybridized carbons (Fsp3) is 0.304. The zero-order chi connectivity index (χ0) is 22.0. The molecule has 0 bridgehead atoms. The Kier molecular flexibility index (Phi) is 5.70. The Morgan fingerprint density at radius 2 is 1.77 bits per heavy atom. The highest BCUT2D eigenvalue weighted by Crippen LogP contribution is 2.30. The molecule has 0 spiro atoms. The highest BCUT2D eigenvalue weighted by Gasteiger charge is 2.37. The number of carbonyl (C=O) groups excluding carboxylic acids is 4. The number of aryl methyl sites for hydroxylation is 1. The van der Waals surface area contributed by atoms with Gasteiger partial charge in [-0.3, -0.25) is 24.1 Å². The predicted molar refractivity (Wildman–Crippen MR) is 115 cm³/mol. The van der Waals surface area contributed by atoms with E-state index in [0.717, 1.165) is 17.7 Å². The van der Waals surface area contributed by atoms with E-state index in [1.54, 1.807) is 29.2 Å². The van der Waals surface area contributed by atoms with Crippen LogP contribution in [-0.2, 0) is 30.3 Å². The molecule has 8 nitrogen and oxygen atoms in total. The molecule has 2 aliphatic heterocycles. The lowest BCUT2D eigenvalue weighted by Crippen LogP contribution is -2.44. The smallest absolute Gasteiger partial charge is 0.311 e. The van der Waals surface area contributed by atoms with Gasteiger partial charge in [-0.05, 0) is 30.2 Å². The molecule has 1 fully saturated rings. The second-order valence-electron chi connectivity index (χ2n) is 7.54. The molecule has 1 N–H and O–H groups in total. The Hall–Kier alpha value is -3.68. The highest BCUT2D eigenvalue weighted by molar-refractivity contribution is 6.10. The molecule has 1 atom stereocenters. The van der Waals surface area contributed by atoms with Crippen LogP contribution in [0.2, 0.25) is 0 Å². The van der Waals surface area contributed by atoms with Gasteiger partial charge in [-0.25, -0.2) is 0 Å². The van der Waals surface area contributed by atoms with Crippen LogP contribution in [0.3, 0.4) is 0 Å². The summed E-state index contributed by atoms with van der Waals surface area (Å²) in [6.45, 7) is 1.60. The van der Waals surface area contributed by atoms with Crippen molar-refractivity contribution in [2.45, 2.75) is 19.8 Å². The van der Waals surface area contributed by atoms with Crippen molar-refractivity contribution in [2.24, 2.45) is 5.92 Å². The minimum absolute atomic E-state index is 0.0417. The molecule has 0 aliphatic carbocycles. The van der Waals surface area contributed by atoms with Crippen LogP contribution in [0, 0.1) is 5.92 Å². The number of ether oxygens (including phenoxy) is 1.